The molecule has 9 nitrogen and oxygen atoms in total. The number of anilines is 2. The maximum absolute atomic E-state index is 14.9. The first-order valence-electron chi connectivity index (χ1n) is 13.5. The number of rotatable bonds is 5. The predicted octanol–water partition coefficient (Wildman–Crippen LogP) is 3.87. The maximum Gasteiger partial charge on any atom is 0.251 e. The van der Waals surface area contributed by atoms with Crippen molar-refractivity contribution in [3.05, 3.63) is 77.1 Å². The summed E-state index contributed by atoms with van der Waals surface area (Å²) in [7, 11) is 4.40. The molecular weight excluding hydrogens is 529 g/mol. The van der Waals surface area contributed by atoms with Crippen molar-refractivity contribution in [1.82, 2.24) is 4.90 Å². The van der Waals surface area contributed by atoms with Crippen molar-refractivity contribution in [1.29, 1.82) is 0 Å². The summed E-state index contributed by atoms with van der Waals surface area (Å²) in [6.07, 6.45) is 1.29. The highest BCUT2D eigenvalue weighted by Crippen LogP contribution is 2.68. The molecule has 0 unspecified atom stereocenters. The Kier molecular flexibility index (Phi) is 5.46. The molecule has 4 heterocycles. The number of para-hydroxylation sites is 1. The fourth-order valence-corrected chi connectivity index (χ4v) is 7.95. The van der Waals surface area contributed by atoms with Crippen LogP contribution >= 0.6 is 0 Å². The van der Waals surface area contributed by atoms with Crippen molar-refractivity contribution < 1.29 is 33.0 Å². The average molecular weight is 558 g/mol. The van der Waals surface area contributed by atoms with Gasteiger partial charge < -0.3 is 24.8 Å². The number of nitrogens with zero attached hydrogens (tertiary/aromatic N) is 1. The van der Waals surface area contributed by atoms with Gasteiger partial charge in [0.2, 0.25) is 11.7 Å². The third kappa shape index (κ3) is 2.95. The molecule has 0 saturated carbocycles. The third-order valence-corrected chi connectivity index (χ3v) is 9.29. The van der Waals surface area contributed by atoms with Gasteiger partial charge in [-0.2, -0.15) is 0 Å². The van der Waals surface area contributed by atoms with Crippen molar-refractivity contribution in [2.75, 3.05) is 38.5 Å². The summed E-state index contributed by atoms with van der Waals surface area (Å²) >= 11 is 0. The minimum Gasteiger partial charge on any atom is -0.493 e. The van der Waals surface area contributed by atoms with Crippen LogP contribution in [0.3, 0.4) is 0 Å². The standard InChI is InChI=1S/C31H28FN3O6/c1-39-23-13-16(14-24(40-2)27(23)41-3)26(36)25-22-9-6-12-35(22)31(19-15-17(32)10-11-21(19)34-29(31)38)30(25)18-7-4-5-8-20(18)33-28(30)37/h4-5,7-8,10-11,13-15,22,25H,6,9,12H2,1-3H3,(H,33,37)(H,34,38)/t22-,25+,30+,31+/m1/s1. The average Bonchev–Trinajstić information content (AvgIpc) is 3.70. The molecule has 0 aliphatic carbocycles. The lowest BCUT2D eigenvalue weighted by molar-refractivity contribution is -0.137. The highest BCUT2D eigenvalue weighted by atomic mass is 19.1. The number of hydrogen-bond acceptors (Lipinski definition) is 7. The minimum atomic E-state index is -1.69. The van der Waals surface area contributed by atoms with E-state index in [1.807, 2.05) is 4.90 Å². The Bertz CT molecular complexity index is 1630. The Morgan fingerprint density at radius 1 is 0.902 bits per heavy atom. The van der Waals surface area contributed by atoms with E-state index in [0.29, 0.717) is 59.1 Å². The van der Waals surface area contributed by atoms with Gasteiger partial charge in [-0.3, -0.25) is 19.3 Å². The first-order valence-corrected chi connectivity index (χ1v) is 13.5. The predicted molar refractivity (Wildman–Crippen MR) is 147 cm³/mol. The van der Waals surface area contributed by atoms with E-state index in [0.717, 1.165) is 0 Å². The van der Waals surface area contributed by atoms with E-state index in [4.69, 9.17) is 14.2 Å². The fraction of sp³-hybridized carbons (Fsp3) is 0.323. The number of Topliss-reactive ketones (excluding diaryl/α,β-unsaturated/α-hetero) is 1. The molecule has 3 aromatic rings. The van der Waals surface area contributed by atoms with Crippen LogP contribution in [0.4, 0.5) is 15.8 Å². The summed E-state index contributed by atoms with van der Waals surface area (Å²) in [5.74, 6) is -1.86. The molecule has 0 bridgehead atoms. The van der Waals surface area contributed by atoms with Crippen LogP contribution in [0.25, 0.3) is 0 Å². The molecule has 4 aliphatic heterocycles. The quantitative estimate of drug-likeness (QED) is 0.459. The van der Waals surface area contributed by atoms with E-state index in [9.17, 15) is 18.8 Å². The molecule has 0 radical (unpaired) electrons. The lowest BCUT2D eigenvalue weighted by Crippen LogP contribution is -2.62. The number of amides is 2. The molecule has 2 fully saturated rings. The van der Waals surface area contributed by atoms with Gasteiger partial charge in [0.25, 0.3) is 5.91 Å². The number of carbonyl (C=O) groups excluding carboxylic acids is 3. The van der Waals surface area contributed by atoms with Crippen molar-refractivity contribution >= 4 is 29.0 Å². The lowest BCUT2D eigenvalue weighted by Gasteiger charge is -2.43. The van der Waals surface area contributed by atoms with Gasteiger partial charge in [-0.15, -0.1) is 0 Å². The maximum atomic E-state index is 14.9. The Morgan fingerprint density at radius 2 is 1.59 bits per heavy atom. The van der Waals surface area contributed by atoms with Gasteiger partial charge >= 0.3 is 0 Å². The highest BCUT2D eigenvalue weighted by molar-refractivity contribution is 6.21. The summed E-state index contributed by atoms with van der Waals surface area (Å²) in [6.45, 7) is 0.463. The first-order chi connectivity index (χ1) is 19.8. The second-order valence-corrected chi connectivity index (χ2v) is 10.8. The Morgan fingerprint density at radius 3 is 2.29 bits per heavy atom. The van der Waals surface area contributed by atoms with Gasteiger partial charge in [0.05, 0.1) is 27.2 Å². The molecule has 2 amide bonds. The molecule has 210 valence electrons. The zero-order valence-corrected chi connectivity index (χ0v) is 22.7. The monoisotopic (exact) mass is 557 g/mol. The molecule has 4 aliphatic rings. The first kappa shape index (κ1) is 25.5. The summed E-state index contributed by atoms with van der Waals surface area (Å²) in [5, 5.41) is 5.90. The number of fused-ring (bicyclic) bond motifs is 7. The summed E-state index contributed by atoms with van der Waals surface area (Å²) in [6, 6.07) is 13.9. The molecule has 0 aromatic heterocycles. The SMILES string of the molecule is COc1cc(C(=O)[C@@H]2[C@H]3CCCN3[C@@]3(C(=O)Nc4ccc(F)cc43)[C@]23C(=O)Nc2ccccc23)cc(OC)c1OC. The van der Waals surface area contributed by atoms with Crippen LogP contribution in [-0.4, -0.2) is 56.4 Å². The normalized spacial score (nSPS) is 27.4. The molecular formula is C31H28FN3O6. The van der Waals surface area contributed by atoms with Crippen LogP contribution in [0.15, 0.2) is 54.6 Å². The number of ketones is 1. The Balaban J connectivity index is 1.55. The van der Waals surface area contributed by atoms with E-state index in [-0.39, 0.29) is 11.3 Å². The van der Waals surface area contributed by atoms with E-state index in [2.05, 4.69) is 10.6 Å². The lowest BCUT2D eigenvalue weighted by atomic mass is 9.57. The van der Waals surface area contributed by atoms with E-state index in [1.54, 1.807) is 36.4 Å². The zero-order chi connectivity index (χ0) is 28.7. The van der Waals surface area contributed by atoms with Crippen LogP contribution < -0.4 is 24.8 Å². The number of ether oxygens (including phenoxy) is 3. The Labute approximate surface area is 235 Å². The second kappa shape index (κ2) is 8.78. The largest absolute Gasteiger partial charge is 0.493 e. The molecule has 10 heteroatoms. The van der Waals surface area contributed by atoms with Crippen LogP contribution in [-0.2, 0) is 20.5 Å². The summed E-state index contributed by atoms with van der Waals surface area (Å²) in [5.41, 5.74) is -1.22. The molecule has 2 N–H and O–H groups in total. The molecule has 4 atom stereocenters. The van der Waals surface area contributed by atoms with Crippen molar-refractivity contribution in [3.63, 3.8) is 0 Å². The molecule has 2 spiro atoms. The summed E-state index contributed by atoms with van der Waals surface area (Å²) in [4.78, 5) is 45.8. The second-order valence-electron chi connectivity index (χ2n) is 10.8. The van der Waals surface area contributed by atoms with Crippen LogP contribution in [0.5, 0.6) is 17.2 Å². The highest BCUT2D eigenvalue weighted by Gasteiger charge is 2.81. The van der Waals surface area contributed by atoms with Gasteiger partial charge in [-0.1, -0.05) is 18.2 Å². The zero-order valence-electron chi connectivity index (χ0n) is 22.7. The number of hydrogen-bond donors (Lipinski definition) is 2. The molecule has 41 heavy (non-hydrogen) atoms. The topological polar surface area (TPSA) is 106 Å². The van der Waals surface area contributed by atoms with Crippen LogP contribution in [0, 0.1) is 11.7 Å². The molecule has 2 saturated heterocycles. The van der Waals surface area contributed by atoms with Crippen molar-refractivity contribution in [3.8, 4) is 17.2 Å². The Hall–Kier alpha value is -4.44. The van der Waals surface area contributed by atoms with E-state index < -0.39 is 40.5 Å². The fourth-order valence-electron chi connectivity index (χ4n) is 7.95. The summed E-state index contributed by atoms with van der Waals surface area (Å²) < 4.78 is 31.5. The van der Waals surface area contributed by atoms with Crippen molar-refractivity contribution in [2.45, 2.75) is 29.8 Å². The van der Waals surface area contributed by atoms with Crippen molar-refractivity contribution in [2.24, 2.45) is 5.92 Å². The van der Waals surface area contributed by atoms with Crippen LogP contribution in [0.2, 0.25) is 0 Å². The van der Waals surface area contributed by atoms with Gasteiger partial charge in [0.15, 0.2) is 17.3 Å². The number of halogens is 1. The number of carbonyl (C=O) groups is 3. The van der Waals surface area contributed by atoms with E-state index >= 15 is 0 Å². The number of methoxy groups -OCH3 is 3. The minimum absolute atomic E-state index is 0.253. The third-order valence-electron chi connectivity index (χ3n) is 9.29. The molecule has 7 rings (SSSR count). The number of benzene rings is 3. The van der Waals surface area contributed by atoms with Gasteiger partial charge in [-0.25, -0.2) is 4.39 Å². The number of nitrogens with one attached hydrogen (secondary N) is 2. The van der Waals surface area contributed by atoms with Gasteiger partial charge in [-0.05, 0) is 61.3 Å². The van der Waals surface area contributed by atoms with Gasteiger partial charge in [0.1, 0.15) is 16.8 Å². The van der Waals surface area contributed by atoms with Crippen LogP contribution in [0.1, 0.15) is 34.3 Å². The van der Waals surface area contributed by atoms with E-state index in [1.165, 1.54) is 39.5 Å². The smallest absolute Gasteiger partial charge is 0.251 e. The molecule has 3 aromatic carbocycles. The van der Waals surface area contributed by atoms with Gasteiger partial charge in [0, 0.05) is 28.5 Å².